The lowest BCUT2D eigenvalue weighted by atomic mass is 10.1. The highest BCUT2D eigenvalue weighted by Gasteiger charge is 2.45. The summed E-state index contributed by atoms with van der Waals surface area (Å²) in [7, 11) is 3.29. The fraction of sp³-hybridized carbons (Fsp3) is 0.632. The van der Waals surface area contributed by atoms with Gasteiger partial charge in [0.1, 0.15) is 18.3 Å². The summed E-state index contributed by atoms with van der Waals surface area (Å²) in [6, 6.07) is 0.348. The molecule has 1 aliphatic rings. The molecular weight excluding hydrogens is 337 g/mol. The zero-order valence-electron chi connectivity index (χ0n) is 16.5. The van der Waals surface area contributed by atoms with Crippen LogP contribution in [0.2, 0.25) is 0 Å². The average Bonchev–Trinajstić information content (AvgIpc) is 2.88. The number of hydrogen-bond donors (Lipinski definition) is 0. The molecule has 0 fully saturated rings. The first-order valence-corrected chi connectivity index (χ1v) is 8.86. The van der Waals surface area contributed by atoms with Crippen LogP contribution in [0.3, 0.4) is 0 Å². The molecule has 0 aromatic heterocycles. The molecule has 0 aromatic carbocycles. The lowest BCUT2D eigenvalue weighted by Crippen LogP contribution is -2.47. The summed E-state index contributed by atoms with van der Waals surface area (Å²) in [5.74, 6) is -0.322. The lowest BCUT2D eigenvalue weighted by molar-refractivity contribution is -0.149. The Kier molecular flexibility index (Phi) is 9.54. The lowest BCUT2D eigenvalue weighted by Gasteiger charge is -2.33. The van der Waals surface area contributed by atoms with Gasteiger partial charge in [-0.25, -0.2) is 4.39 Å². The number of nitrogens with zero attached hydrogens (tertiary/aromatic N) is 3. The van der Waals surface area contributed by atoms with Gasteiger partial charge in [-0.05, 0) is 19.8 Å². The van der Waals surface area contributed by atoms with Crippen LogP contribution in [0.1, 0.15) is 26.7 Å². The molecule has 0 radical (unpaired) electrons. The minimum absolute atomic E-state index is 0.0300. The Labute approximate surface area is 156 Å². The Hall–Kier alpha value is -1.70. The number of ether oxygens (including phenoxy) is 3. The normalized spacial score (nSPS) is 21.8. The number of hydrogen-bond acceptors (Lipinski definition) is 6. The average molecular weight is 369 g/mol. The van der Waals surface area contributed by atoms with Crippen molar-refractivity contribution >= 4 is 6.02 Å². The maximum atomic E-state index is 14.3. The van der Waals surface area contributed by atoms with E-state index in [-0.39, 0.29) is 24.7 Å². The first-order chi connectivity index (χ1) is 12.4. The minimum Gasteiger partial charge on any atom is -0.465 e. The van der Waals surface area contributed by atoms with Crippen molar-refractivity contribution in [2.24, 2.45) is 4.99 Å². The summed E-state index contributed by atoms with van der Waals surface area (Å²) < 4.78 is 30.8. The van der Waals surface area contributed by atoms with Crippen molar-refractivity contribution in [3.8, 4) is 0 Å². The van der Waals surface area contributed by atoms with Crippen LogP contribution in [0.4, 0.5) is 4.39 Å². The number of halogens is 1. The van der Waals surface area contributed by atoms with Crippen molar-refractivity contribution in [3.05, 3.63) is 36.8 Å². The maximum absolute atomic E-state index is 14.3. The minimum atomic E-state index is -1.05. The molecule has 0 aliphatic carbocycles. The molecular formula is C19H32FN3O3. The van der Waals surface area contributed by atoms with Gasteiger partial charge in [0.05, 0.1) is 6.61 Å². The number of rotatable bonds is 12. The van der Waals surface area contributed by atoms with E-state index >= 15 is 0 Å². The third-order valence-corrected chi connectivity index (χ3v) is 4.22. The molecule has 0 saturated carbocycles. The number of likely N-dealkylation sites (N-methyl/N-ethyl adjacent to an activating group) is 1. The molecule has 1 atom stereocenters. The Morgan fingerprint density at radius 3 is 2.54 bits per heavy atom. The quantitative estimate of drug-likeness (QED) is 0.300. The van der Waals surface area contributed by atoms with E-state index < -0.39 is 5.72 Å². The summed E-state index contributed by atoms with van der Waals surface area (Å²) in [6.07, 6.45) is 4.77. The van der Waals surface area contributed by atoms with E-state index in [0.717, 1.165) is 26.1 Å². The molecule has 0 saturated heterocycles. The first-order valence-electron chi connectivity index (χ1n) is 8.86. The second kappa shape index (κ2) is 11.1. The predicted octanol–water partition coefficient (Wildman–Crippen LogP) is 3.30. The van der Waals surface area contributed by atoms with Crippen molar-refractivity contribution in [1.29, 1.82) is 0 Å². The van der Waals surface area contributed by atoms with E-state index in [4.69, 9.17) is 14.2 Å². The van der Waals surface area contributed by atoms with E-state index in [9.17, 15) is 4.39 Å². The third-order valence-electron chi connectivity index (χ3n) is 4.22. The van der Waals surface area contributed by atoms with Crippen LogP contribution in [0.5, 0.6) is 0 Å². The van der Waals surface area contributed by atoms with Gasteiger partial charge in [-0.15, -0.1) is 13.2 Å². The topological polar surface area (TPSA) is 46.5 Å². The van der Waals surface area contributed by atoms with Crippen molar-refractivity contribution in [2.75, 3.05) is 47.2 Å². The predicted molar refractivity (Wildman–Crippen MR) is 102 cm³/mol. The summed E-state index contributed by atoms with van der Waals surface area (Å²) in [5, 5.41) is 0. The number of methoxy groups -OCH3 is 1. The first kappa shape index (κ1) is 22.3. The second-order valence-corrected chi connectivity index (χ2v) is 6.13. The zero-order valence-corrected chi connectivity index (χ0v) is 16.5. The molecule has 1 rings (SSSR count). The highest BCUT2D eigenvalue weighted by molar-refractivity contribution is 5.79. The van der Waals surface area contributed by atoms with Gasteiger partial charge in [0.2, 0.25) is 0 Å². The summed E-state index contributed by atoms with van der Waals surface area (Å²) in [4.78, 5) is 8.24. The molecule has 0 N–H and O–H groups in total. The molecule has 0 amide bonds. The molecule has 7 heteroatoms. The van der Waals surface area contributed by atoms with Crippen LogP contribution in [0.25, 0.3) is 0 Å². The maximum Gasteiger partial charge on any atom is 0.294 e. The highest BCUT2D eigenvalue weighted by Crippen LogP contribution is 2.36. The monoisotopic (exact) mass is 369 g/mol. The smallest absolute Gasteiger partial charge is 0.294 e. The molecule has 6 nitrogen and oxygen atoms in total. The summed E-state index contributed by atoms with van der Waals surface area (Å²) in [6.45, 7) is 13.9. The van der Waals surface area contributed by atoms with Crippen LogP contribution < -0.4 is 0 Å². The van der Waals surface area contributed by atoms with E-state index in [0.29, 0.717) is 12.6 Å². The van der Waals surface area contributed by atoms with Crippen molar-refractivity contribution in [2.45, 2.75) is 32.4 Å². The van der Waals surface area contributed by atoms with Gasteiger partial charge in [0.25, 0.3) is 6.02 Å². The Morgan fingerprint density at radius 1 is 1.35 bits per heavy atom. The molecule has 1 unspecified atom stereocenters. The largest absolute Gasteiger partial charge is 0.465 e. The van der Waals surface area contributed by atoms with Gasteiger partial charge in [-0.1, -0.05) is 19.1 Å². The molecule has 148 valence electrons. The standard InChI is InChI=1S/C19H32FN3O3/c1-7-11-23(12-8-2)13-10-14-25-18-21-17(16(20)9-3)19(4,22(18)5)26-15-24-6/h7-8H,1-2,9-15H2,3-6H3/b17-16-. The molecule has 1 heterocycles. The molecule has 0 spiro atoms. The fourth-order valence-electron chi connectivity index (χ4n) is 2.64. The fourth-order valence-corrected chi connectivity index (χ4v) is 2.64. The Balaban J connectivity index is 2.71. The van der Waals surface area contributed by atoms with Gasteiger partial charge in [0, 0.05) is 33.8 Å². The van der Waals surface area contributed by atoms with Gasteiger partial charge in [-0.3, -0.25) is 9.80 Å². The second-order valence-electron chi connectivity index (χ2n) is 6.13. The Morgan fingerprint density at radius 2 is 2.00 bits per heavy atom. The van der Waals surface area contributed by atoms with Gasteiger partial charge >= 0.3 is 0 Å². The van der Waals surface area contributed by atoms with E-state index in [1.165, 1.54) is 7.11 Å². The summed E-state index contributed by atoms with van der Waals surface area (Å²) in [5.41, 5.74) is -0.821. The molecule has 26 heavy (non-hydrogen) atoms. The van der Waals surface area contributed by atoms with E-state index in [2.05, 4.69) is 23.1 Å². The zero-order chi connectivity index (χ0) is 19.6. The number of amidine groups is 1. The van der Waals surface area contributed by atoms with Crippen molar-refractivity contribution in [1.82, 2.24) is 9.80 Å². The Bertz CT molecular complexity index is 526. The van der Waals surface area contributed by atoms with E-state index in [1.54, 1.807) is 25.8 Å². The van der Waals surface area contributed by atoms with Gasteiger partial charge < -0.3 is 14.2 Å². The SMILES string of the molecule is C=CCN(CC=C)CCCOC1=N/C(=C(\F)CC)C(C)(OCOC)N1C. The molecule has 0 aromatic rings. The molecule has 1 aliphatic heterocycles. The third kappa shape index (κ3) is 5.65. The van der Waals surface area contributed by atoms with Crippen molar-refractivity contribution in [3.63, 3.8) is 0 Å². The van der Waals surface area contributed by atoms with Crippen LogP contribution in [-0.2, 0) is 14.2 Å². The van der Waals surface area contributed by atoms with Crippen LogP contribution >= 0.6 is 0 Å². The number of allylic oxidation sites excluding steroid dienone is 1. The molecule has 0 bridgehead atoms. The van der Waals surface area contributed by atoms with Crippen LogP contribution in [-0.4, -0.2) is 68.7 Å². The van der Waals surface area contributed by atoms with E-state index in [1.807, 2.05) is 12.2 Å². The van der Waals surface area contributed by atoms with Gasteiger partial charge in [0.15, 0.2) is 5.72 Å². The van der Waals surface area contributed by atoms with Crippen molar-refractivity contribution < 1.29 is 18.6 Å². The van der Waals surface area contributed by atoms with Gasteiger partial charge in [-0.2, -0.15) is 4.99 Å². The highest BCUT2D eigenvalue weighted by atomic mass is 19.1. The summed E-state index contributed by atoms with van der Waals surface area (Å²) >= 11 is 0. The van der Waals surface area contributed by atoms with Crippen LogP contribution in [0, 0.1) is 0 Å². The number of aliphatic imine (C=N–C) groups is 1. The van der Waals surface area contributed by atoms with Crippen LogP contribution in [0.15, 0.2) is 41.8 Å².